The first-order valence-corrected chi connectivity index (χ1v) is 9.57. The molecule has 1 aromatic heterocycles. The number of amides is 1. The molecular formula is C16H20N2O4S. The average molecular weight is 336 g/mol. The Labute approximate surface area is 135 Å². The van der Waals surface area contributed by atoms with E-state index < -0.39 is 9.84 Å². The molecule has 0 bridgehead atoms. The predicted molar refractivity (Wildman–Crippen MR) is 86.8 cm³/mol. The highest BCUT2D eigenvalue weighted by atomic mass is 32.2. The summed E-state index contributed by atoms with van der Waals surface area (Å²) < 4.78 is 28.6. The van der Waals surface area contributed by atoms with E-state index in [-0.39, 0.29) is 23.5 Å². The van der Waals surface area contributed by atoms with Crippen molar-refractivity contribution in [1.29, 1.82) is 0 Å². The zero-order valence-corrected chi connectivity index (χ0v) is 13.9. The highest BCUT2D eigenvalue weighted by Gasteiger charge is 2.32. The van der Waals surface area contributed by atoms with E-state index in [2.05, 4.69) is 4.98 Å². The van der Waals surface area contributed by atoms with Crippen molar-refractivity contribution in [3.05, 3.63) is 30.2 Å². The van der Waals surface area contributed by atoms with E-state index in [4.69, 9.17) is 4.42 Å². The lowest BCUT2D eigenvalue weighted by atomic mass is 10.2. The summed E-state index contributed by atoms with van der Waals surface area (Å²) in [5, 5.41) is 0. The van der Waals surface area contributed by atoms with Gasteiger partial charge in [-0.2, -0.15) is 0 Å². The Morgan fingerprint density at radius 3 is 2.87 bits per heavy atom. The number of nitrogens with zero attached hydrogens (tertiary/aromatic N) is 2. The summed E-state index contributed by atoms with van der Waals surface area (Å²) in [5.41, 5.74) is 1.57. The van der Waals surface area contributed by atoms with Crippen LogP contribution in [0.2, 0.25) is 0 Å². The SMILES string of the molecule is CN(C(=O)CCCc1nc2ccccc2o1)C1CCS(=O)(=O)C1. The molecule has 2 heterocycles. The maximum atomic E-state index is 12.2. The Balaban J connectivity index is 1.51. The third-order valence-corrected chi connectivity index (χ3v) is 6.02. The Bertz CT molecular complexity index is 779. The van der Waals surface area contributed by atoms with Crippen molar-refractivity contribution in [3.63, 3.8) is 0 Å². The Kier molecular flexibility index (Phi) is 4.39. The lowest BCUT2D eigenvalue weighted by molar-refractivity contribution is -0.131. The van der Waals surface area contributed by atoms with Crippen molar-refractivity contribution < 1.29 is 17.6 Å². The van der Waals surface area contributed by atoms with E-state index in [1.807, 2.05) is 24.3 Å². The highest BCUT2D eigenvalue weighted by Crippen LogP contribution is 2.19. The number of hydrogen-bond donors (Lipinski definition) is 0. The molecule has 3 rings (SSSR count). The second-order valence-electron chi connectivity index (χ2n) is 5.99. The quantitative estimate of drug-likeness (QED) is 0.831. The first-order chi connectivity index (χ1) is 10.9. The van der Waals surface area contributed by atoms with Crippen LogP contribution in [-0.4, -0.2) is 48.8 Å². The molecule has 0 aliphatic carbocycles. The Morgan fingerprint density at radius 2 is 2.17 bits per heavy atom. The van der Waals surface area contributed by atoms with Gasteiger partial charge in [0.1, 0.15) is 5.52 Å². The summed E-state index contributed by atoms with van der Waals surface area (Å²) in [6, 6.07) is 7.37. The zero-order valence-electron chi connectivity index (χ0n) is 13.1. The van der Waals surface area contributed by atoms with Gasteiger partial charge in [0.15, 0.2) is 21.3 Å². The lowest BCUT2D eigenvalue weighted by Crippen LogP contribution is -2.37. The molecule has 1 unspecified atom stereocenters. The van der Waals surface area contributed by atoms with Crippen LogP contribution in [-0.2, 0) is 21.1 Å². The number of para-hydroxylation sites is 2. The van der Waals surface area contributed by atoms with Gasteiger partial charge < -0.3 is 9.32 Å². The molecule has 124 valence electrons. The summed E-state index contributed by atoms with van der Waals surface area (Å²) in [6.07, 6.45) is 2.13. The molecular weight excluding hydrogens is 316 g/mol. The van der Waals surface area contributed by atoms with Gasteiger partial charge in [-0.05, 0) is 25.0 Å². The maximum Gasteiger partial charge on any atom is 0.222 e. The fraction of sp³-hybridized carbons (Fsp3) is 0.500. The van der Waals surface area contributed by atoms with Gasteiger partial charge in [-0.15, -0.1) is 0 Å². The van der Waals surface area contributed by atoms with Gasteiger partial charge in [-0.1, -0.05) is 12.1 Å². The molecule has 0 radical (unpaired) electrons. The number of rotatable bonds is 5. The third kappa shape index (κ3) is 3.72. The second-order valence-corrected chi connectivity index (χ2v) is 8.22. The van der Waals surface area contributed by atoms with Crippen molar-refractivity contribution in [2.45, 2.75) is 31.7 Å². The normalized spacial score (nSPS) is 20.0. The molecule has 7 heteroatoms. The number of fused-ring (bicyclic) bond motifs is 1. The van der Waals surface area contributed by atoms with Gasteiger partial charge >= 0.3 is 0 Å². The van der Waals surface area contributed by atoms with Crippen LogP contribution < -0.4 is 0 Å². The fourth-order valence-electron chi connectivity index (χ4n) is 2.88. The van der Waals surface area contributed by atoms with E-state index in [1.54, 1.807) is 11.9 Å². The standard InChI is InChI=1S/C16H20N2O4S/c1-18(12-9-10-23(20,21)11-12)16(19)8-4-7-15-17-13-5-2-3-6-14(13)22-15/h2-3,5-6,12H,4,7-11H2,1H3. The second kappa shape index (κ2) is 6.31. The molecule has 1 aliphatic rings. The van der Waals surface area contributed by atoms with Crippen molar-refractivity contribution in [1.82, 2.24) is 9.88 Å². The van der Waals surface area contributed by atoms with E-state index in [0.717, 1.165) is 11.1 Å². The van der Waals surface area contributed by atoms with Crippen LogP contribution in [0.25, 0.3) is 11.1 Å². The molecule has 1 fully saturated rings. The summed E-state index contributed by atoms with van der Waals surface area (Å²) in [7, 11) is -1.28. The van der Waals surface area contributed by atoms with Crippen LogP contribution in [0.15, 0.2) is 28.7 Å². The first kappa shape index (κ1) is 16.0. The van der Waals surface area contributed by atoms with Gasteiger partial charge in [0.05, 0.1) is 11.5 Å². The van der Waals surface area contributed by atoms with Crippen molar-refractivity contribution in [2.75, 3.05) is 18.6 Å². The molecule has 1 amide bonds. The average Bonchev–Trinajstić information content (AvgIpc) is 3.08. The molecule has 0 saturated carbocycles. The van der Waals surface area contributed by atoms with Gasteiger partial charge in [-0.25, -0.2) is 13.4 Å². The molecule has 6 nitrogen and oxygen atoms in total. The summed E-state index contributed by atoms with van der Waals surface area (Å²) in [6.45, 7) is 0. The van der Waals surface area contributed by atoms with Crippen LogP contribution in [0.1, 0.15) is 25.2 Å². The number of benzene rings is 1. The van der Waals surface area contributed by atoms with E-state index in [1.165, 1.54) is 0 Å². The molecule has 1 aromatic carbocycles. The molecule has 2 aromatic rings. The minimum absolute atomic E-state index is 0.0248. The van der Waals surface area contributed by atoms with Crippen molar-refractivity contribution in [3.8, 4) is 0 Å². The van der Waals surface area contributed by atoms with Gasteiger partial charge in [0, 0.05) is 25.9 Å². The molecule has 1 atom stereocenters. The smallest absolute Gasteiger partial charge is 0.222 e. The largest absolute Gasteiger partial charge is 0.441 e. The minimum atomic E-state index is -2.97. The number of oxazole rings is 1. The number of aryl methyl sites for hydroxylation is 1. The number of hydrogen-bond acceptors (Lipinski definition) is 5. The monoisotopic (exact) mass is 336 g/mol. The van der Waals surface area contributed by atoms with Crippen LogP contribution >= 0.6 is 0 Å². The number of carbonyl (C=O) groups excluding carboxylic acids is 1. The van der Waals surface area contributed by atoms with Crippen LogP contribution in [0.3, 0.4) is 0 Å². The topological polar surface area (TPSA) is 80.5 Å². The first-order valence-electron chi connectivity index (χ1n) is 7.75. The number of aromatic nitrogens is 1. The van der Waals surface area contributed by atoms with Gasteiger partial charge in [0.25, 0.3) is 0 Å². The Hall–Kier alpha value is -1.89. The lowest BCUT2D eigenvalue weighted by Gasteiger charge is -2.23. The maximum absolute atomic E-state index is 12.2. The van der Waals surface area contributed by atoms with Crippen LogP contribution in [0.5, 0.6) is 0 Å². The molecule has 1 saturated heterocycles. The number of carbonyl (C=O) groups is 1. The van der Waals surface area contributed by atoms with Crippen LogP contribution in [0.4, 0.5) is 0 Å². The van der Waals surface area contributed by atoms with E-state index >= 15 is 0 Å². The minimum Gasteiger partial charge on any atom is -0.441 e. The van der Waals surface area contributed by atoms with Gasteiger partial charge in [0.2, 0.25) is 5.91 Å². The van der Waals surface area contributed by atoms with Crippen molar-refractivity contribution in [2.24, 2.45) is 0 Å². The van der Waals surface area contributed by atoms with E-state index in [9.17, 15) is 13.2 Å². The predicted octanol–water partition coefficient (Wildman–Crippen LogP) is 1.80. The molecule has 1 aliphatic heterocycles. The fourth-order valence-corrected chi connectivity index (χ4v) is 4.65. The van der Waals surface area contributed by atoms with E-state index in [0.29, 0.717) is 31.6 Å². The highest BCUT2D eigenvalue weighted by molar-refractivity contribution is 7.91. The molecule has 0 N–H and O–H groups in total. The van der Waals surface area contributed by atoms with Crippen LogP contribution in [0, 0.1) is 0 Å². The zero-order chi connectivity index (χ0) is 16.4. The number of sulfone groups is 1. The third-order valence-electron chi connectivity index (χ3n) is 4.27. The summed E-state index contributed by atoms with van der Waals surface area (Å²) in [5.74, 6) is 0.867. The summed E-state index contributed by atoms with van der Waals surface area (Å²) in [4.78, 5) is 18.1. The van der Waals surface area contributed by atoms with Crippen molar-refractivity contribution >= 4 is 26.8 Å². The molecule has 0 spiro atoms. The van der Waals surface area contributed by atoms with Gasteiger partial charge in [-0.3, -0.25) is 4.79 Å². The summed E-state index contributed by atoms with van der Waals surface area (Å²) >= 11 is 0. The Morgan fingerprint density at radius 1 is 1.39 bits per heavy atom. The molecule has 23 heavy (non-hydrogen) atoms.